The molecule has 1 atom stereocenters. The minimum absolute atomic E-state index is 0.0664. The van der Waals surface area contributed by atoms with E-state index in [1.165, 1.54) is 30.0 Å². The Morgan fingerprint density at radius 1 is 1.20 bits per heavy atom. The Morgan fingerprint density at radius 3 is 2.60 bits per heavy atom. The summed E-state index contributed by atoms with van der Waals surface area (Å²) in [5.74, 6) is -1.69. The summed E-state index contributed by atoms with van der Waals surface area (Å²) in [6.07, 6.45) is 1.03. The van der Waals surface area contributed by atoms with Gasteiger partial charge in [-0.05, 0) is 36.8 Å². The first-order valence-corrected chi connectivity index (χ1v) is 8.99. The zero-order chi connectivity index (χ0) is 18.4. The van der Waals surface area contributed by atoms with Crippen LogP contribution in [0.15, 0.2) is 18.2 Å². The molecule has 1 unspecified atom stereocenters. The Bertz CT molecular complexity index is 698. The van der Waals surface area contributed by atoms with E-state index in [0.29, 0.717) is 24.3 Å². The van der Waals surface area contributed by atoms with Crippen LogP contribution in [0.3, 0.4) is 0 Å². The highest BCUT2D eigenvalue weighted by Crippen LogP contribution is 2.22. The van der Waals surface area contributed by atoms with E-state index in [1.54, 1.807) is 0 Å². The van der Waals surface area contributed by atoms with E-state index in [4.69, 9.17) is 9.84 Å². The fourth-order valence-corrected chi connectivity index (χ4v) is 3.21. The number of carboxylic acids is 1. The van der Waals surface area contributed by atoms with Crippen molar-refractivity contribution < 1.29 is 33.8 Å². The van der Waals surface area contributed by atoms with E-state index in [9.17, 15) is 19.2 Å². The number of ether oxygens (including phenoxy) is 2. The third-order valence-electron chi connectivity index (χ3n) is 3.65. The maximum atomic E-state index is 12.2. The molecule has 1 aliphatic heterocycles. The summed E-state index contributed by atoms with van der Waals surface area (Å²) in [6.45, 7) is 1.89. The number of hydrogen-bond donors (Lipinski definition) is 1. The minimum atomic E-state index is -0.834. The lowest BCUT2D eigenvalue weighted by Crippen LogP contribution is -2.19. The number of cyclic esters (lactones) is 2. The zero-order valence-electron chi connectivity index (χ0n) is 13.6. The number of carbonyl (C=O) groups is 4. The predicted molar refractivity (Wildman–Crippen MR) is 89.9 cm³/mol. The number of fused-ring (bicyclic) bond motifs is 1. The van der Waals surface area contributed by atoms with Gasteiger partial charge in [0.15, 0.2) is 0 Å². The summed E-state index contributed by atoms with van der Waals surface area (Å²) in [6, 6.07) is 4.11. The van der Waals surface area contributed by atoms with Crippen molar-refractivity contribution in [3.63, 3.8) is 0 Å². The Morgan fingerprint density at radius 2 is 1.92 bits per heavy atom. The van der Waals surface area contributed by atoms with Crippen molar-refractivity contribution in [1.29, 1.82) is 0 Å². The topological polar surface area (TPSA) is 107 Å². The molecule has 0 spiro atoms. The van der Waals surface area contributed by atoms with Gasteiger partial charge < -0.3 is 14.6 Å². The van der Waals surface area contributed by atoms with Crippen LogP contribution >= 0.6 is 11.8 Å². The lowest BCUT2D eigenvalue weighted by molar-refractivity contribution is -0.136. The molecule has 0 aliphatic carbocycles. The number of hydrogen-bond acceptors (Lipinski definition) is 7. The Balaban J connectivity index is 1.89. The SMILES string of the molecule is CCC(CCSCCC(=O)O)OC(=O)c1ccc2c(c1)C(=O)OC2=O. The summed E-state index contributed by atoms with van der Waals surface area (Å²) < 4.78 is 9.92. The van der Waals surface area contributed by atoms with Gasteiger partial charge in [0.1, 0.15) is 6.10 Å². The van der Waals surface area contributed by atoms with Gasteiger partial charge >= 0.3 is 23.9 Å². The molecule has 0 radical (unpaired) electrons. The predicted octanol–water partition coefficient (Wildman–Crippen LogP) is 2.53. The van der Waals surface area contributed by atoms with Gasteiger partial charge in [-0.15, -0.1) is 0 Å². The Labute approximate surface area is 148 Å². The molecule has 1 aliphatic rings. The highest BCUT2D eigenvalue weighted by molar-refractivity contribution is 7.99. The molecule has 1 N–H and O–H groups in total. The van der Waals surface area contributed by atoms with Crippen molar-refractivity contribution in [3.8, 4) is 0 Å². The van der Waals surface area contributed by atoms with Crippen LogP contribution in [-0.4, -0.2) is 46.6 Å². The van der Waals surface area contributed by atoms with Gasteiger partial charge in [0.05, 0.1) is 23.1 Å². The molecule has 134 valence electrons. The van der Waals surface area contributed by atoms with Crippen molar-refractivity contribution in [2.24, 2.45) is 0 Å². The van der Waals surface area contributed by atoms with E-state index >= 15 is 0 Å². The standard InChI is InChI=1S/C17H18O7S/c1-2-11(5-7-25-8-6-14(18)19)23-15(20)10-3-4-12-13(9-10)17(22)24-16(12)21/h3-4,9,11H,2,5-8H2,1H3,(H,18,19). The van der Waals surface area contributed by atoms with Gasteiger partial charge in [0.25, 0.3) is 0 Å². The van der Waals surface area contributed by atoms with E-state index in [-0.39, 0.29) is 29.2 Å². The third kappa shape index (κ3) is 5.06. The average molecular weight is 366 g/mol. The van der Waals surface area contributed by atoms with E-state index < -0.39 is 23.9 Å². The number of rotatable bonds is 9. The first-order chi connectivity index (χ1) is 11.9. The maximum absolute atomic E-state index is 12.2. The highest BCUT2D eigenvalue weighted by atomic mass is 32.2. The maximum Gasteiger partial charge on any atom is 0.346 e. The molecule has 0 fully saturated rings. The van der Waals surface area contributed by atoms with Gasteiger partial charge in [-0.25, -0.2) is 14.4 Å². The van der Waals surface area contributed by atoms with E-state index in [2.05, 4.69) is 4.74 Å². The molecular formula is C17H18O7S. The van der Waals surface area contributed by atoms with Crippen LogP contribution in [0.25, 0.3) is 0 Å². The van der Waals surface area contributed by atoms with Gasteiger partial charge in [-0.1, -0.05) is 6.92 Å². The van der Waals surface area contributed by atoms with Gasteiger partial charge in [-0.2, -0.15) is 11.8 Å². The second-order valence-corrected chi connectivity index (χ2v) is 6.64. The molecule has 2 rings (SSSR count). The van der Waals surface area contributed by atoms with Gasteiger partial charge in [0.2, 0.25) is 0 Å². The Kier molecular flexibility index (Phi) is 6.58. The molecule has 0 aromatic heterocycles. The molecule has 0 saturated carbocycles. The number of carboxylic acid groups (broad SMARTS) is 1. The first-order valence-electron chi connectivity index (χ1n) is 7.83. The van der Waals surface area contributed by atoms with E-state index in [0.717, 1.165) is 0 Å². The zero-order valence-corrected chi connectivity index (χ0v) is 14.5. The Hall–Kier alpha value is -2.35. The first kappa shape index (κ1) is 19.0. The molecule has 8 heteroatoms. The number of benzene rings is 1. The van der Waals surface area contributed by atoms with Crippen LogP contribution in [0, 0.1) is 0 Å². The number of aliphatic carboxylic acids is 1. The van der Waals surface area contributed by atoms with Crippen LogP contribution in [0.1, 0.15) is 57.3 Å². The second kappa shape index (κ2) is 8.66. The molecule has 1 heterocycles. The molecule has 0 amide bonds. The smallest absolute Gasteiger partial charge is 0.346 e. The lowest BCUT2D eigenvalue weighted by atomic mass is 10.1. The molecule has 25 heavy (non-hydrogen) atoms. The van der Waals surface area contributed by atoms with Crippen molar-refractivity contribution in [2.45, 2.75) is 32.3 Å². The monoisotopic (exact) mass is 366 g/mol. The molecule has 0 saturated heterocycles. The molecular weight excluding hydrogens is 348 g/mol. The fourth-order valence-electron chi connectivity index (χ4n) is 2.25. The van der Waals surface area contributed by atoms with Crippen molar-refractivity contribution in [3.05, 3.63) is 34.9 Å². The van der Waals surface area contributed by atoms with Gasteiger partial charge in [0, 0.05) is 5.75 Å². The number of esters is 3. The molecule has 1 aromatic rings. The molecule has 0 bridgehead atoms. The van der Waals surface area contributed by atoms with Crippen LogP contribution in [0.4, 0.5) is 0 Å². The number of thioether (sulfide) groups is 1. The normalized spacial score (nSPS) is 14.0. The fraction of sp³-hybridized carbons (Fsp3) is 0.412. The third-order valence-corrected chi connectivity index (χ3v) is 4.67. The van der Waals surface area contributed by atoms with Crippen LogP contribution in [0.2, 0.25) is 0 Å². The lowest BCUT2D eigenvalue weighted by Gasteiger charge is -2.16. The van der Waals surface area contributed by atoms with E-state index in [1.807, 2.05) is 6.92 Å². The average Bonchev–Trinajstić information content (AvgIpc) is 2.87. The summed E-state index contributed by atoms with van der Waals surface area (Å²) in [4.78, 5) is 45.6. The molecule has 7 nitrogen and oxygen atoms in total. The van der Waals surface area contributed by atoms with Crippen LogP contribution in [-0.2, 0) is 14.3 Å². The second-order valence-electron chi connectivity index (χ2n) is 5.42. The quantitative estimate of drug-likeness (QED) is 0.404. The minimum Gasteiger partial charge on any atom is -0.481 e. The summed E-state index contributed by atoms with van der Waals surface area (Å²) in [5, 5.41) is 8.58. The summed E-state index contributed by atoms with van der Waals surface area (Å²) in [7, 11) is 0. The summed E-state index contributed by atoms with van der Waals surface area (Å²) >= 11 is 1.49. The summed E-state index contributed by atoms with van der Waals surface area (Å²) in [5.41, 5.74) is 0.391. The van der Waals surface area contributed by atoms with Crippen LogP contribution < -0.4 is 0 Å². The largest absolute Gasteiger partial charge is 0.481 e. The van der Waals surface area contributed by atoms with Gasteiger partial charge in [-0.3, -0.25) is 4.79 Å². The molecule has 1 aromatic carbocycles. The number of carbonyl (C=O) groups excluding carboxylic acids is 3. The van der Waals surface area contributed by atoms with Crippen LogP contribution in [0.5, 0.6) is 0 Å². The highest BCUT2D eigenvalue weighted by Gasteiger charge is 2.30. The van der Waals surface area contributed by atoms with Crippen molar-refractivity contribution in [2.75, 3.05) is 11.5 Å². The van der Waals surface area contributed by atoms with Crippen molar-refractivity contribution in [1.82, 2.24) is 0 Å². The van der Waals surface area contributed by atoms with Crippen molar-refractivity contribution >= 4 is 35.6 Å².